The number of carbonyl (C=O) groups is 1. The lowest BCUT2D eigenvalue weighted by atomic mass is 10.0. The fourth-order valence-electron chi connectivity index (χ4n) is 2.39. The summed E-state index contributed by atoms with van der Waals surface area (Å²) in [5, 5.41) is 3.05. The van der Waals surface area contributed by atoms with Crippen LogP contribution in [0, 0.1) is 5.92 Å². The molecule has 0 radical (unpaired) electrons. The Morgan fingerprint density at radius 2 is 1.76 bits per heavy atom. The van der Waals surface area contributed by atoms with Crippen LogP contribution in [0.15, 0.2) is 30.3 Å². The first-order chi connectivity index (χ1) is 10.0. The molecule has 1 aromatic carbocycles. The van der Waals surface area contributed by atoms with Crippen LogP contribution in [0.5, 0.6) is 0 Å². The Hall–Kier alpha value is -1.39. The van der Waals surface area contributed by atoms with Gasteiger partial charge in [0.05, 0.1) is 6.04 Å². The molecule has 0 fully saturated rings. The van der Waals surface area contributed by atoms with E-state index in [1.807, 2.05) is 32.0 Å². The Kier molecular flexibility index (Phi) is 7.40. The summed E-state index contributed by atoms with van der Waals surface area (Å²) in [7, 11) is 0. The number of likely N-dealkylation sites (N-methyl/N-ethyl adjacent to an activating group) is 1. The third kappa shape index (κ3) is 5.14. The normalized spacial score (nSPS) is 15.5. The number of amides is 1. The summed E-state index contributed by atoms with van der Waals surface area (Å²) in [6.45, 7) is 10.5. The zero-order chi connectivity index (χ0) is 15.8. The summed E-state index contributed by atoms with van der Waals surface area (Å²) in [6.07, 6.45) is 0. The minimum Gasteiger partial charge on any atom is -0.354 e. The van der Waals surface area contributed by atoms with Crippen LogP contribution in [0.25, 0.3) is 0 Å². The van der Waals surface area contributed by atoms with E-state index in [0.29, 0.717) is 6.54 Å². The summed E-state index contributed by atoms with van der Waals surface area (Å²) in [4.78, 5) is 14.5. The number of benzene rings is 1. The molecule has 21 heavy (non-hydrogen) atoms. The second-order valence-corrected chi connectivity index (χ2v) is 5.54. The smallest absolute Gasteiger partial charge is 0.224 e. The van der Waals surface area contributed by atoms with E-state index in [4.69, 9.17) is 5.73 Å². The molecule has 0 bridgehead atoms. The van der Waals surface area contributed by atoms with Gasteiger partial charge in [0.25, 0.3) is 0 Å². The lowest BCUT2D eigenvalue weighted by Crippen LogP contribution is -2.43. The second-order valence-electron chi connectivity index (χ2n) is 5.54. The first kappa shape index (κ1) is 17.7. The molecule has 1 amide bonds. The lowest BCUT2D eigenvalue weighted by Gasteiger charge is -2.31. The van der Waals surface area contributed by atoms with Crippen molar-refractivity contribution < 1.29 is 4.79 Å². The van der Waals surface area contributed by atoms with Crippen molar-refractivity contribution in [3.63, 3.8) is 0 Å². The summed E-state index contributed by atoms with van der Waals surface area (Å²) >= 11 is 0. The number of nitrogens with two attached hydrogens (primary N) is 1. The summed E-state index contributed by atoms with van der Waals surface area (Å²) < 4.78 is 0. The van der Waals surface area contributed by atoms with E-state index < -0.39 is 0 Å². The standard InChI is InChI=1S/C17H29N3O/c1-5-20(6-2)16(15-10-8-7-9-11-15)12-19-17(21)13(3)14(4)18/h7-11,13-14,16H,5-6,12,18H2,1-4H3,(H,19,21). The van der Waals surface area contributed by atoms with Gasteiger partial charge in [0.2, 0.25) is 5.91 Å². The minimum absolute atomic E-state index is 0.0260. The Bertz CT molecular complexity index is 415. The molecule has 4 heteroatoms. The number of carbonyl (C=O) groups excluding carboxylic acids is 1. The maximum absolute atomic E-state index is 12.1. The van der Waals surface area contributed by atoms with Crippen LogP contribution in [-0.4, -0.2) is 36.5 Å². The van der Waals surface area contributed by atoms with Gasteiger partial charge in [0, 0.05) is 18.5 Å². The van der Waals surface area contributed by atoms with E-state index in [2.05, 4.69) is 36.2 Å². The number of hydrogen-bond donors (Lipinski definition) is 2. The molecule has 0 aliphatic rings. The molecule has 0 spiro atoms. The van der Waals surface area contributed by atoms with Gasteiger partial charge >= 0.3 is 0 Å². The molecule has 3 N–H and O–H groups in total. The van der Waals surface area contributed by atoms with Crippen LogP contribution in [0.2, 0.25) is 0 Å². The largest absolute Gasteiger partial charge is 0.354 e. The first-order valence-electron chi connectivity index (χ1n) is 7.83. The molecule has 118 valence electrons. The lowest BCUT2D eigenvalue weighted by molar-refractivity contribution is -0.125. The van der Waals surface area contributed by atoms with Crippen LogP contribution < -0.4 is 11.1 Å². The van der Waals surface area contributed by atoms with Gasteiger partial charge in [-0.25, -0.2) is 0 Å². The maximum atomic E-state index is 12.1. The highest BCUT2D eigenvalue weighted by atomic mass is 16.1. The fraction of sp³-hybridized carbons (Fsp3) is 0.588. The van der Waals surface area contributed by atoms with Crippen molar-refractivity contribution in [2.24, 2.45) is 11.7 Å². The van der Waals surface area contributed by atoms with Crippen molar-refractivity contribution in [1.29, 1.82) is 0 Å². The van der Waals surface area contributed by atoms with Crippen LogP contribution in [0.1, 0.15) is 39.3 Å². The third-order valence-electron chi connectivity index (χ3n) is 4.11. The summed E-state index contributed by atoms with van der Waals surface area (Å²) in [5.74, 6) is -0.142. The van der Waals surface area contributed by atoms with Crippen molar-refractivity contribution in [3.05, 3.63) is 35.9 Å². The van der Waals surface area contributed by atoms with Gasteiger partial charge in [0.15, 0.2) is 0 Å². The third-order valence-corrected chi connectivity index (χ3v) is 4.11. The summed E-state index contributed by atoms with van der Waals surface area (Å²) in [6, 6.07) is 10.4. The second kappa shape index (κ2) is 8.80. The van der Waals surface area contributed by atoms with Crippen molar-refractivity contribution in [2.75, 3.05) is 19.6 Å². The Morgan fingerprint density at radius 1 is 1.19 bits per heavy atom. The van der Waals surface area contributed by atoms with E-state index in [0.717, 1.165) is 13.1 Å². The van der Waals surface area contributed by atoms with Gasteiger partial charge in [-0.05, 0) is 25.6 Å². The molecule has 0 aliphatic heterocycles. The molecule has 0 heterocycles. The molecule has 0 aliphatic carbocycles. The number of hydrogen-bond acceptors (Lipinski definition) is 3. The van der Waals surface area contributed by atoms with Crippen molar-refractivity contribution in [1.82, 2.24) is 10.2 Å². The highest BCUT2D eigenvalue weighted by Gasteiger charge is 2.21. The SMILES string of the molecule is CCN(CC)C(CNC(=O)C(C)C(C)N)c1ccccc1. The Labute approximate surface area is 128 Å². The Balaban J connectivity index is 2.77. The minimum atomic E-state index is -0.168. The average Bonchev–Trinajstić information content (AvgIpc) is 2.51. The molecule has 0 saturated carbocycles. The molecule has 3 atom stereocenters. The van der Waals surface area contributed by atoms with Gasteiger partial charge in [-0.3, -0.25) is 9.69 Å². The van der Waals surface area contributed by atoms with Crippen LogP contribution >= 0.6 is 0 Å². The van der Waals surface area contributed by atoms with Crippen LogP contribution in [-0.2, 0) is 4.79 Å². The monoisotopic (exact) mass is 291 g/mol. The summed E-state index contributed by atoms with van der Waals surface area (Å²) in [5.41, 5.74) is 7.03. The number of rotatable bonds is 8. The van der Waals surface area contributed by atoms with E-state index in [9.17, 15) is 4.79 Å². The predicted octanol–water partition coefficient (Wildman–Crippen LogP) is 2.17. The molecule has 0 saturated heterocycles. The topological polar surface area (TPSA) is 58.4 Å². The van der Waals surface area contributed by atoms with E-state index in [1.54, 1.807) is 0 Å². The predicted molar refractivity (Wildman–Crippen MR) is 87.9 cm³/mol. The van der Waals surface area contributed by atoms with E-state index in [1.165, 1.54) is 5.56 Å². The van der Waals surface area contributed by atoms with Crippen molar-refractivity contribution in [3.8, 4) is 0 Å². The highest BCUT2D eigenvalue weighted by Crippen LogP contribution is 2.19. The molecular weight excluding hydrogens is 262 g/mol. The van der Waals surface area contributed by atoms with Gasteiger partial charge in [0.1, 0.15) is 0 Å². The first-order valence-corrected chi connectivity index (χ1v) is 7.83. The molecule has 1 rings (SSSR count). The van der Waals surface area contributed by atoms with Crippen molar-refractivity contribution in [2.45, 2.75) is 39.8 Å². The van der Waals surface area contributed by atoms with E-state index >= 15 is 0 Å². The van der Waals surface area contributed by atoms with Gasteiger partial charge in [-0.2, -0.15) is 0 Å². The number of nitrogens with one attached hydrogen (secondary N) is 1. The molecule has 1 aromatic rings. The molecule has 0 aromatic heterocycles. The molecule has 4 nitrogen and oxygen atoms in total. The van der Waals surface area contributed by atoms with E-state index in [-0.39, 0.29) is 23.9 Å². The quantitative estimate of drug-likeness (QED) is 0.772. The van der Waals surface area contributed by atoms with Gasteiger partial charge in [-0.1, -0.05) is 51.1 Å². The maximum Gasteiger partial charge on any atom is 0.224 e. The zero-order valence-electron chi connectivity index (χ0n) is 13.7. The molecular formula is C17H29N3O. The fourth-order valence-corrected chi connectivity index (χ4v) is 2.39. The van der Waals surface area contributed by atoms with Gasteiger partial charge in [-0.15, -0.1) is 0 Å². The van der Waals surface area contributed by atoms with Crippen LogP contribution in [0.4, 0.5) is 0 Å². The zero-order valence-corrected chi connectivity index (χ0v) is 13.7. The highest BCUT2D eigenvalue weighted by molar-refractivity contribution is 5.78. The number of nitrogens with zero attached hydrogens (tertiary/aromatic N) is 1. The van der Waals surface area contributed by atoms with Crippen LogP contribution in [0.3, 0.4) is 0 Å². The Morgan fingerprint density at radius 3 is 2.24 bits per heavy atom. The molecule has 3 unspecified atom stereocenters. The van der Waals surface area contributed by atoms with Gasteiger partial charge < -0.3 is 11.1 Å². The van der Waals surface area contributed by atoms with Crippen molar-refractivity contribution >= 4 is 5.91 Å². The average molecular weight is 291 g/mol.